The van der Waals surface area contributed by atoms with E-state index in [9.17, 15) is 0 Å². The van der Waals surface area contributed by atoms with E-state index in [2.05, 4.69) is 43.3 Å². The van der Waals surface area contributed by atoms with Gasteiger partial charge in [0, 0.05) is 29.1 Å². The number of nitrogens with two attached hydrogens (primary N) is 1. The SMILES string of the molecule is CC(C)n1cc(CS)c2c(N)cccc21. The number of thiol groups is 1. The van der Waals surface area contributed by atoms with Crippen LogP contribution in [0.4, 0.5) is 5.69 Å². The fourth-order valence-corrected chi connectivity index (χ4v) is 2.21. The molecule has 1 aromatic heterocycles. The molecule has 0 atom stereocenters. The second kappa shape index (κ2) is 3.81. The molecule has 0 fully saturated rings. The van der Waals surface area contributed by atoms with E-state index < -0.39 is 0 Å². The normalized spacial score (nSPS) is 11.5. The molecule has 0 spiro atoms. The number of rotatable bonds is 2. The molecule has 0 saturated carbocycles. The maximum absolute atomic E-state index is 6.00. The zero-order valence-electron chi connectivity index (χ0n) is 9.07. The highest BCUT2D eigenvalue weighted by atomic mass is 32.1. The van der Waals surface area contributed by atoms with Crippen molar-refractivity contribution >= 4 is 29.2 Å². The van der Waals surface area contributed by atoms with E-state index in [1.165, 1.54) is 11.1 Å². The summed E-state index contributed by atoms with van der Waals surface area (Å²) in [6.45, 7) is 4.34. The van der Waals surface area contributed by atoms with Crippen molar-refractivity contribution in [1.82, 2.24) is 4.57 Å². The van der Waals surface area contributed by atoms with Crippen LogP contribution in [0.3, 0.4) is 0 Å². The maximum atomic E-state index is 6.00. The fourth-order valence-electron chi connectivity index (χ4n) is 1.97. The van der Waals surface area contributed by atoms with Gasteiger partial charge in [-0.25, -0.2) is 0 Å². The molecule has 0 radical (unpaired) electrons. The van der Waals surface area contributed by atoms with E-state index in [-0.39, 0.29) is 0 Å². The van der Waals surface area contributed by atoms with Gasteiger partial charge in [0.2, 0.25) is 0 Å². The molecule has 2 rings (SSSR count). The summed E-state index contributed by atoms with van der Waals surface area (Å²) in [5.74, 6) is 0.727. The maximum Gasteiger partial charge on any atom is 0.0506 e. The molecule has 80 valence electrons. The number of fused-ring (bicyclic) bond motifs is 1. The predicted molar refractivity (Wildman–Crippen MR) is 69.4 cm³/mol. The van der Waals surface area contributed by atoms with Gasteiger partial charge in [0.1, 0.15) is 0 Å². The molecular formula is C12H16N2S. The van der Waals surface area contributed by atoms with Gasteiger partial charge >= 0.3 is 0 Å². The zero-order chi connectivity index (χ0) is 11.0. The van der Waals surface area contributed by atoms with Crippen molar-refractivity contribution < 1.29 is 0 Å². The summed E-state index contributed by atoms with van der Waals surface area (Å²) < 4.78 is 2.25. The van der Waals surface area contributed by atoms with Gasteiger partial charge in [-0.05, 0) is 31.5 Å². The van der Waals surface area contributed by atoms with Crippen LogP contribution in [0, 0.1) is 0 Å². The van der Waals surface area contributed by atoms with Gasteiger partial charge in [0.05, 0.1) is 5.52 Å². The summed E-state index contributed by atoms with van der Waals surface area (Å²) in [7, 11) is 0. The van der Waals surface area contributed by atoms with E-state index in [1.807, 2.05) is 12.1 Å². The second-order valence-electron chi connectivity index (χ2n) is 4.05. The van der Waals surface area contributed by atoms with E-state index in [1.54, 1.807) is 0 Å². The third-order valence-corrected chi connectivity index (χ3v) is 3.04. The molecule has 2 nitrogen and oxygen atoms in total. The Morgan fingerprint density at radius 3 is 2.73 bits per heavy atom. The number of anilines is 1. The van der Waals surface area contributed by atoms with Crippen LogP contribution in [0.5, 0.6) is 0 Å². The van der Waals surface area contributed by atoms with Crippen molar-refractivity contribution in [3.8, 4) is 0 Å². The van der Waals surface area contributed by atoms with Gasteiger partial charge in [-0.2, -0.15) is 12.6 Å². The van der Waals surface area contributed by atoms with E-state index in [0.717, 1.165) is 16.8 Å². The van der Waals surface area contributed by atoms with Crippen molar-refractivity contribution in [2.75, 3.05) is 5.73 Å². The molecule has 15 heavy (non-hydrogen) atoms. The number of hydrogen-bond acceptors (Lipinski definition) is 2. The first-order valence-corrected chi connectivity index (χ1v) is 5.77. The lowest BCUT2D eigenvalue weighted by molar-refractivity contribution is 0.622. The largest absolute Gasteiger partial charge is 0.398 e. The molecule has 3 heteroatoms. The molecule has 0 saturated heterocycles. The van der Waals surface area contributed by atoms with Gasteiger partial charge in [-0.15, -0.1) is 0 Å². The number of hydrogen-bond donors (Lipinski definition) is 2. The molecule has 1 aromatic carbocycles. The lowest BCUT2D eigenvalue weighted by Gasteiger charge is -2.08. The van der Waals surface area contributed by atoms with Gasteiger partial charge in [0.15, 0.2) is 0 Å². The molecule has 0 aliphatic rings. The van der Waals surface area contributed by atoms with Crippen LogP contribution in [-0.4, -0.2) is 4.57 Å². The van der Waals surface area contributed by atoms with Gasteiger partial charge in [-0.3, -0.25) is 0 Å². The minimum Gasteiger partial charge on any atom is -0.398 e. The Labute approximate surface area is 95.5 Å². The van der Waals surface area contributed by atoms with E-state index >= 15 is 0 Å². The Hall–Kier alpha value is -1.09. The number of aromatic nitrogens is 1. The van der Waals surface area contributed by atoms with Crippen LogP contribution in [0.25, 0.3) is 10.9 Å². The fraction of sp³-hybridized carbons (Fsp3) is 0.333. The average Bonchev–Trinajstić information content (AvgIpc) is 2.58. The molecule has 0 bridgehead atoms. The van der Waals surface area contributed by atoms with Crippen LogP contribution >= 0.6 is 12.6 Å². The zero-order valence-corrected chi connectivity index (χ0v) is 9.96. The Balaban J connectivity index is 2.81. The Morgan fingerprint density at radius 2 is 2.13 bits per heavy atom. The van der Waals surface area contributed by atoms with Crippen LogP contribution < -0.4 is 5.73 Å². The standard InChI is InChI=1S/C12H16N2S/c1-8(2)14-6-9(7-15)12-10(13)4-3-5-11(12)14/h3-6,8,15H,7,13H2,1-2H3. The van der Waals surface area contributed by atoms with Gasteiger partial charge < -0.3 is 10.3 Å². The molecular weight excluding hydrogens is 204 g/mol. The quantitative estimate of drug-likeness (QED) is 0.591. The van der Waals surface area contributed by atoms with E-state index in [4.69, 9.17) is 5.73 Å². The summed E-state index contributed by atoms with van der Waals surface area (Å²) in [6, 6.07) is 6.50. The summed E-state index contributed by atoms with van der Waals surface area (Å²) in [6.07, 6.45) is 2.15. The van der Waals surface area contributed by atoms with Crippen LogP contribution in [-0.2, 0) is 5.75 Å². The van der Waals surface area contributed by atoms with Crippen molar-refractivity contribution in [1.29, 1.82) is 0 Å². The Morgan fingerprint density at radius 1 is 1.40 bits per heavy atom. The summed E-state index contributed by atoms with van der Waals surface area (Å²) >= 11 is 4.35. The van der Waals surface area contributed by atoms with Crippen LogP contribution in [0.2, 0.25) is 0 Å². The van der Waals surface area contributed by atoms with Crippen molar-refractivity contribution in [3.05, 3.63) is 30.0 Å². The monoisotopic (exact) mass is 220 g/mol. The second-order valence-corrected chi connectivity index (χ2v) is 4.37. The van der Waals surface area contributed by atoms with Crippen molar-refractivity contribution in [2.24, 2.45) is 0 Å². The smallest absolute Gasteiger partial charge is 0.0506 e. The molecule has 0 aliphatic heterocycles. The average molecular weight is 220 g/mol. The minimum atomic E-state index is 0.447. The third-order valence-electron chi connectivity index (χ3n) is 2.70. The number of benzene rings is 1. The minimum absolute atomic E-state index is 0.447. The molecule has 0 unspecified atom stereocenters. The van der Waals surface area contributed by atoms with Crippen LogP contribution in [0.1, 0.15) is 25.5 Å². The molecule has 2 N–H and O–H groups in total. The number of nitrogen functional groups attached to an aromatic ring is 1. The summed E-state index contributed by atoms with van der Waals surface area (Å²) in [5.41, 5.74) is 9.25. The van der Waals surface area contributed by atoms with Crippen molar-refractivity contribution in [3.63, 3.8) is 0 Å². The van der Waals surface area contributed by atoms with Crippen molar-refractivity contribution in [2.45, 2.75) is 25.6 Å². The lowest BCUT2D eigenvalue weighted by atomic mass is 10.1. The number of nitrogens with zero attached hydrogens (tertiary/aromatic N) is 1. The molecule has 0 amide bonds. The topological polar surface area (TPSA) is 30.9 Å². The molecule has 2 aromatic rings. The predicted octanol–water partition coefficient (Wildman–Crippen LogP) is 3.23. The third kappa shape index (κ3) is 1.61. The first-order valence-electron chi connectivity index (χ1n) is 5.14. The lowest BCUT2D eigenvalue weighted by Crippen LogP contribution is -1.98. The van der Waals surface area contributed by atoms with Crippen LogP contribution in [0.15, 0.2) is 24.4 Å². The highest BCUT2D eigenvalue weighted by Crippen LogP contribution is 2.30. The molecule has 1 heterocycles. The Bertz CT molecular complexity index is 486. The first kappa shape index (κ1) is 10.4. The van der Waals surface area contributed by atoms with Gasteiger partial charge in [-0.1, -0.05) is 6.07 Å². The molecule has 0 aliphatic carbocycles. The highest BCUT2D eigenvalue weighted by molar-refractivity contribution is 7.79. The van der Waals surface area contributed by atoms with Gasteiger partial charge in [0.25, 0.3) is 0 Å². The summed E-state index contributed by atoms with van der Waals surface area (Å²) in [4.78, 5) is 0. The highest BCUT2D eigenvalue weighted by Gasteiger charge is 2.11. The van der Waals surface area contributed by atoms with E-state index in [0.29, 0.717) is 6.04 Å². The summed E-state index contributed by atoms with van der Waals surface area (Å²) in [5, 5.41) is 1.15. The Kier molecular flexibility index (Phi) is 2.65. The first-order chi connectivity index (χ1) is 7.15.